The predicted octanol–water partition coefficient (Wildman–Crippen LogP) is 31.0. The second kappa shape index (κ2) is 27.8. The maximum Gasteiger partial charge on any atom is 0.252 e. The van der Waals surface area contributed by atoms with E-state index in [9.17, 15) is 5.48 Å². The summed E-state index contributed by atoms with van der Waals surface area (Å²) >= 11 is 0. The minimum Gasteiger partial charge on any atom is -0.452 e. The molecule has 2 aliphatic rings. The summed E-state index contributed by atoms with van der Waals surface area (Å²) in [5.41, 5.74) is 31.4. The fraction of sp³-hybridized carbons (Fsp3) is 0.237. The number of nitrogens with zero attached hydrogens (tertiary/aromatic N) is 5. The summed E-state index contributed by atoms with van der Waals surface area (Å²) < 4.78 is 62.9. The Balaban J connectivity index is 0.949. The molecule has 0 N–H and O–H groups in total. The van der Waals surface area contributed by atoms with Crippen LogP contribution in [0.3, 0.4) is 0 Å². The molecule has 6 nitrogen and oxygen atoms in total. The summed E-state index contributed by atoms with van der Waals surface area (Å²) in [7, 11) is 0. The third kappa shape index (κ3) is 12.8. The molecule has 0 saturated heterocycles. The van der Waals surface area contributed by atoms with Crippen LogP contribution >= 0.6 is 0 Å². The van der Waals surface area contributed by atoms with E-state index < -0.39 is 24.8 Å². The van der Waals surface area contributed by atoms with Crippen molar-refractivity contribution >= 4 is 145 Å². The van der Waals surface area contributed by atoms with Crippen LogP contribution in [0.5, 0.6) is 0 Å². The van der Waals surface area contributed by atoms with Gasteiger partial charge in [-0.25, -0.2) is 0 Å². The highest BCUT2D eigenvalue weighted by atomic mass is 16.3. The number of fused-ring (bicyclic) bond motifs is 16. The summed E-state index contributed by atoms with van der Waals surface area (Å²) in [5, 5.41) is 8.89. The van der Waals surface area contributed by atoms with Crippen molar-refractivity contribution in [3.8, 4) is 50.4 Å². The molecule has 0 unspecified atom stereocenters. The minimum absolute atomic E-state index is 0.112. The van der Waals surface area contributed by atoms with E-state index in [0.717, 1.165) is 150 Å². The predicted molar refractivity (Wildman–Crippen MR) is 538 cm³/mol. The summed E-state index contributed by atoms with van der Waals surface area (Å²) in [5.74, 6) is 0. The SMILES string of the molecule is [2H]c1c([2H])c([2H])c(-c2ccc3c(c2)N(c2cccc4c2oc2c(-n5c6ccc(C(C)(C)C)cc6c6cc(C(C)(C)C)ccc65)cccc24)c2cc(-n4c5ccc(C(C)(C)C)cc5c5cc(C(C)(C)C)ccc54)cc4c2B3c2ccc(-n3c5ccc(C(C)(C)C)cc5c5cc(C(C)(C)C)ccc53)cc2N4c2c(-c3ccccc3)cc(C(C)(C)C)cc2-c2ccccc2)c([2H])c1[2H]. The van der Waals surface area contributed by atoms with Crippen LogP contribution in [0.25, 0.3) is 138 Å². The molecule has 0 aliphatic carbocycles. The van der Waals surface area contributed by atoms with Crippen LogP contribution in [-0.2, 0) is 37.9 Å². The molecule has 0 radical (unpaired) electrons. The van der Waals surface area contributed by atoms with E-state index in [1.54, 1.807) is 0 Å². The number of aromatic nitrogens is 3. The zero-order valence-electron chi connectivity index (χ0n) is 81.1. The van der Waals surface area contributed by atoms with Crippen molar-refractivity contribution in [2.75, 3.05) is 9.80 Å². The number of furan rings is 1. The maximum atomic E-state index is 9.87. The Kier molecular flexibility index (Phi) is 16.4. The first-order valence-corrected chi connectivity index (χ1v) is 44.7. The lowest BCUT2D eigenvalue weighted by atomic mass is 9.33. The van der Waals surface area contributed by atoms with E-state index in [-0.39, 0.29) is 55.6 Å². The Labute approximate surface area is 744 Å². The lowest BCUT2D eigenvalue weighted by Gasteiger charge is -2.45. The van der Waals surface area contributed by atoms with E-state index in [1.165, 1.54) is 60.5 Å². The maximum absolute atomic E-state index is 9.87. The van der Waals surface area contributed by atoms with Crippen LogP contribution in [0.4, 0.5) is 34.1 Å². The summed E-state index contributed by atoms with van der Waals surface area (Å²) in [6, 6.07) is 99.2. The van der Waals surface area contributed by atoms with E-state index in [4.69, 9.17) is 5.79 Å². The fourth-order valence-electron chi connectivity index (χ4n) is 20.1. The smallest absolute Gasteiger partial charge is 0.252 e. The van der Waals surface area contributed by atoms with Crippen molar-refractivity contribution in [1.29, 1.82) is 0 Å². The van der Waals surface area contributed by atoms with Gasteiger partial charge in [0.15, 0.2) is 11.2 Å². The topological polar surface area (TPSA) is 34.4 Å². The zero-order chi connectivity index (χ0) is 91.3. The molecular weight excluding hydrogens is 1510 g/mol. The molecular formula is C118H112BN5O. The van der Waals surface area contributed by atoms with Gasteiger partial charge in [-0.1, -0.05) is 315 Å². The van der Waals surface area contributed by atoms with Gasteiger partial charge < -0.3 is 27.9 Å². The normalized spacial score (nSPS) is 14.2. The molecule has 19 aromatic rings. The van der Waals surface area contributed by atoms with Gasteiger partial charge in [-0.05, 0) is 243 Å². The number of hydrogen-bond acceptors (Lipinski definition) is 3. The first-order valence-electron chi connectivity index (χ1n) is 47.2. The van der Waals surface area contributed by atoms with Crippen molar-refractivity contribution in [3.63, 3.8) is 0 Å². The highest BCUT2D eigenvalue weighted by Gasteiger charge is 2.47. The van der Waals surface area contributed by atoms with Gasteiger partial charge >= 0.3 is 0 Å². The molecule has 0 atom stereocenters. The van der Waals surface area contributed by atoms with Gasteiger partial charge in [0.1, 0.15) is 0 Å². The molecule has 0 spiro atoms. The van der Waals surface area contributed by atoms with E-state index in [0.29, 0.717) is 11.1 Å². The number of anilines is 6. The number of rotatable bonds is 8. The average molecular weight is 1630 g/mol. The first kappa shape index (κ1) is 73.7. The van der Waals surface area contributed by atoms with Crippen molar-refractivity contribution in [2.45, 2.75) is 183 Å². The molecule has 6 heterocycles. The zero-order valence-corrected chi connectivity index (χ0v) is 76.1. The molecule has 0 amide bonds. The van der Waals surface area contributed by atoms with E-state index >= 15 is 0 Å². The molecule has 15 aromatic carbocycles. The van der Waals surface area contributed by atoms with Crippen LogP contribution in [-0.4, -0.2) is 20.4 Å². The molecule has 4 aromatic heterocycles. The second-order valence-electron chi connectivity index (χ2n) is 42.7. The van der Waals surface area contributed by atoms with Gasteiger partial charge in [0, 0.05) is 82.7 Å². The molecule has 0 saturated carbocycles. The van der Waals surface area contributed by atoms with Gasteiger partial charge in [0.05, 0.1) is 62.7 Å². The highest BCUT2D eigenvalue weighted by molar-refractivity contribution is 7.00. The first-order chi connectivity index (χ1) is 61.5. The number of hydrogen-bond donors (Lipinski definition) is 0. The van der Waals surface area contributed by atoms with Gasteiger partial charge in [-0.15, -0.1) is 0 Å². The third-order valence-corrected chi connectivity index (χ3v) is 27.2. The van der Waals surface area contributed by atoms with Gasteiger partial charge in [0.25, 0.3) is 6.71 Å². The van der Waals surface area contributed by atoms with E-state index in [2.05, 4.69) is 430 Å². The minimum atomic E-state index is -0.521. The van der Waals surface area contributed by atoms with Gasteiger partial charge in [-0.3, -0.25) is 0 Å². The molecule has 2 aliphatic heterocycles. The Morgan fingerprint density at radius 3 is 1.01 bits per heavy atom. The lowest BCUT2D eigenvalue weighted by Crippen LogP contribution is -2.61. The van der Waals surface area contributed by atoms with Crippen LogP contribution in [0.15, 0.2) is 302 Å². The monoisotopic (exact) mass is 1630 g/mol. The van der Waals surface area contributed by atoms with Crippen molar-refractivity contribution < 1.29 is 11.3 Å². The fourth-order valence-corrected chi connectivity index (χ4v) is 20.1. The number of para-hydroxylation sites is 2. The van der Waals surface area contributed by atoms with Gasteiger partial charge in [-0.2, -0.15) is 0 Å². The largest absolute Gasteiger partial charge is 0.452 e. The Morgan fingerprint density at radius 1 is 0.248 bits per heavy atom. The van der Waals surface area contributed by atoms with Crippen molar-refractivity contribution in [1.82, 2.24) is 13.7 Å². The number of benzene rings is 15. The molecule has 0 bridgehead atoms. The highest BCUT2D eigenvalue weighted by Crippen LogP contribution is 2.56. The molecule has 7 heteroatoms. The lowest BCUT2D eigenvalue weighted by molar-refractivity contribution is 0.590. The molecule has 125 heavy (non-hydrogen) atoms. The average Bonchev–Trinajstić information content (AvgIpc) is 0.967. The van der Waals surface area contributed by atoms with Crippen LogP contribution in [0.1, 0.15) is 191 Å². The standard InChI is InChI=1S/C118H112BN5O/c1-112(2,3)75-44-53-96-88(60-75)89-61-76(113(4,5)6)45-54-97(89)120(96)82-50-52-95-105(68-82)124(109-86(72-35-27-23-28-36-72)66-81(118(19,20)21)67-87(109)73-37-29-24-30-38-73)107-70-83(121-98-55-46-77(114(7,8)9)62-90(98)91-63-78(115(10,11)12)47-56-99(91)121)69-106-108(107)119(95)94-51-43-74(71-33-25-22-26-34-71)59-104(94)123(106)103-42-32-40-85-84-39-31-41-102(110(84)125-111(85)103)122-100-57-48-79(116(13,14)15)64-92(100)93-65-80(117(16,17)18)49-58-101(93)122/h22-70H,1-21H3/i22D,25D,26D,33D,34D. The summed E-state index contributed by atoms with van der Waals surface area (Å²) in [6.45, 7) is 47.8. The Morgan fingerprint density at radius 2 is 0.600 bits per heavy atom. The summed E-state index contributed by atoms with van der Waals surface area (Å²) in [6.07, 6.45) is 0. The Bertz CT molecular complexity index is 7720. The molecule has 21 rings (SSSR count). The molecule has 0 fully saturated rings. The quantitative estimate of drug-likeness (QED) is 0.142. The second-order valence-corrected chi connectivity index (χ2v) is 42.7. The Hall–Kier alpha value is -12.8. The van der Waals surface area contributed by atoms with Crippen LogP contribution in [0.2, 0.25) is 0 Å². The van der Waals surface area contributed by atoms with Crippen molar-refractivity contribution in [2.24, 2.45) is 0 Å². The summed E-state index contributed by atoms with van der Waals surface area (Å²) in [4.78, 5) is 5.07. The third-order valence-electron chi connectivity index (χ3n) is 27.2. The van der Waals surface area contributed by atoms with Gasteiger partial charge in [0.2, 0.25) is 0 Å². The van der Waals surface area contributed by atoms with Crippen molar-refractivity contribution in [3.05, 3.63) is 336 Å². The van der Waals surface area contributed by atoms with Crippen LogP contribution in [0, 0.1) is 0 Å². The van der Waals surface area contributed by atoms with E-state index in [1.807, 2.05) is 6.07 Å². The molecule has 618 valence electrons. The van der Waals surface area contributed by atoms with Crippen LogP contribution < -0.4 is 26.2 Å².